The van der Waals surface area contributed by atoms with E-state index in [2.05, 4.69) is 10.3 Å². The van der Waals surface area contributed by atoms with Gasteiger partial charge in [-0.2, -0.15) is 0 Å². The number of anilines is 1. The number of nitrogens with one attached hydrogen (secondary N) is 1. The first-order valence-electron chi connectivity index (χ1n) is 5.44. The number of phenolic OH excluding ortho intramolecular Hbond substituents is 1. The van der Waals surface area contributed by atoms with Gasteiger partial charge in [-0.3, -0.25) is 0 Å². The molecule has 2 aromatic rings. The van der Waals surface area contributed by atoms with Crippen molar-refractivity contribution in [3.05, 3.63) is 52.9 Å². The summed E-state index contributed by atoms with van der Waals surface area (Å²) in [6.45, 7) is 1.80. The van der Waals surface area contributed by atoms with E-state index >= 15 is 0 Å². The zero-order valence-corrected chi connectivity index (χ0v) is 10.4. The predicted octanol–water partition coefficient (Wildman–Crippen LogP) is 3.75. The highest BCUT2D eigenvalue weighted by Crippen LogP contribution is 2.24. The van der Waals surface area contributed by atoms with E-state index in [1.807, 2.05) is 0 Å². The average molecular weight is 267 g/mol. The van der Waals surface area contributed by atoms with Gasteiger partial charge in [0.15, 0.2) is 0 Å². The fraction of sp³-hybridized carbons (Fsp3) is 0.154. The van der Waals surface area contributed by atoms with E-state index in [0.29, 0.717) is 16.5 Å². The zero-order chi connectivity index (χ0) is 13.1. The van der Waals surface area contributed by atoms with Crippen LogP contribution in [0.4, 0.5) is 10.2 Å². The van der Waals surface area contributed by atoms with Crippen molar-refractivity contribution in [2.75, 3.05) is 5.32 Å². The van der Waals surface area contributed by atoms with Gasteiger partial charge in [0.1, 0.15) is 22.5 Å². The van der Waals surface area contributed by atoms with Gasteiger partial charge in [0.2, 0.25) is 0 Å². The highest BCUT2D eigenvalue weighted by Gasteiger charge is 2.11. The first-order chi connectivity index (χ1) is 8.56. The molecular weight excluding hydrogens is 255 g/mol. The molecule has 0 spiro atoms. The van der Waals surface area contributed by atoms with Gasteiger partial charge in [-0.15, -0.1) is 0 Å². The molecule has 0 aliphatic carbocycles. The predicted molar refractivity (Wildman–Crippen MR) is 69.3 cm³/mol. The van der Waals surface area contributed by atoms with Crippen molar-refractivity contribution >= 4 is 17.4 Å². The molecule has 0 fully saturated rings. The van der Waals surface area contributed by atoms with Crippen LogP contribution in [0.15, 0.2) is 36.4 Å². The molecular formula is C13H12ClFN2O. The number of nitrogens with zero attached hydrogens (tertiary/aromatic N) is 1. The van der Waals surface area contributed by atoms with Crippen LogP contribution in [0.2, 0.25) is 5.15 Å². The number of halogens is 2. The Morgan fingerprint density at radius 3 is 2.78 bits per heavy atom. The molecule has 0 bridgehead atoms. The molecule has 5 heteroatoms. The van der Waals surface area contributed by atoms with Gasteiger partial charge in [0, 0.05) is 11.6 Å². The van der Waals surface area contributed by atoms with Gasteiger partial charge >= 0.3 is 0 Å². The summed E-state index contributed by atoms with van der Waals surface area (Å²) in [4.78, 5) is 4.07. The summed E-state index contributed by atoms with van der Waals surface area (Å²) in [6, 6.07) is 8.96. The smallest absolute Gasteiger partial charge is 0.132 e. The number of phenols is 1. The lowest BCUT2D eigenvalue weighted by atomic mass is 10.1. The first kappa shape index (κ1) is 12.6. The van der Waals surface area contributed by atoms with Crippen LogP contribution in [0, 0.1) is 5.82 Å². The Kier molecular flexibility index (Phi) is 3.67. The number of aromatic hydroxyl groups is 1. The van der Waals surface area contributed by atoms with Crippen molar-refractivity contribution in [2.24, 2.45) is 0 Å². The molecule has 1 atom stereocenters. The van der Waals surface area contributed by atoms with Gasteiger partial charge in [-0.1, -0.05) is 23.7 Å². The minimum Gasteiger partial charge on any atom is -0.508 e. The van der Waals surface area contributed by atoms with Crippen LogP contribution in [0.25, 0.3) is 0 Å². The molecule has 0 aliphatic heterocycles. The maximum absolute atomic E-state index is 13.6. The summed E-state index contributed by atoms with van der Waals surface area (Å²) in [5.74, 6) is 0.0174. The lowest BCUT2D eigenvalue weighted by Crippen LogP contribution is -2.09. The van der Waals surface area contributed by atoms with E-state index in [4.69, 9.17) is 16.7 Å². The quantitative estimate of drug-likeness (QED) is 0.832. The zero-order valence-electron chi connectivity index (χ0n) is 9.69. The highest BCUT2D eigenvalue weighted by molar-refractivity contribution is 6.29. The lowest BCUT2D eigenvalue weighted by molar-refractivity contribution is 0.467. The Morgan fingerprint density at radius 2 is 2.11 bits per heavy atom. The molecule has 2 rings (SSSR count). The van der Waals surface area contributed by atoms with Crippen LogP contribution < -0.4 is 5.32 Å². The lowest BCUT2D eigenvalue weighted by Gasteiger charge is -2.15. The van der Waals surface area contributed by atoms with E-state index in [0.717, 1.165) is 6.07 Å². The van der Waals surface area contributed by atoms with E-state index in [1.54, 1.807) is 25.1 Å². The molecule has 0 saturated carbocycles. The SMILES string of the molecule is CC(Nc1cccc(Cl)n1)c1ccc(O)cc1F. The van der Waals surface area contributed by atoms with Crippen LogP contribution in [0.3, 0.4) is 0 Å². The third kappa shape index (κ3) is 2.90. The Bertz CT molecular complexity index is 562. The molecule has 0 saturated heterocycles. The molecule has 0 amide bonds. The number of rotatable bonds is 3. The summed E-state index contributed by atoms with van der Waals surface area (Å²) in [6.07, 6.45) is 0. The van der Waals surface area contributed by atoms with E-state index < -0.39 is 5.82 Å². The minimum atomic E-state index is -0.461. The minimum absolute atomic E-state index is 0.0932. The van der Waals surface area contributed by atoms with Crippen molar-refractivity contribution in [3.63, 3.8) is 0 Å². The number of hydrogen-bond donors (Lipinski definition) is 2. The van der Waals surface area contributed by atoms with Gasteiger partial charge in [0.25, 0.3) is 0 Å². The number of pyridine rings is 1. The Morgan fingerprint density at radius 1 is 1.33 bits per heavy atom. The molecule has 3 nitrogen and oxygen atoms in total. The summed E-state index contributed by atoms with van der Waals surface area (Å²) < 4.78 is 13.6. The molecule has 0 radical (unpaired) electrons. The number of benzene rings is 1. The largest absolute Gasteiger partial charge is 0.508 e. The summed E-state index contributed by atoms with van der Waals surface area (Å²) in [5.41, 5.74) is 0.453. The number of hydrogen-bond acceptors (Lipinski definition) is 3. The molecule has 2 N–H and O–H groups in total. The average Bonchev–Trinajstić information content (AvgIpc) is 2.28. The van der Waals surface area contributed by atoms with Gasteiger partial charge in [-0.25, -0.2) is 9.37 Å². The summed E-state index contributed by atoms with van der Waals surface area (Å²) >= 11 is 5.77. The van der Waals surface area contributed by atoms with Crippen LogP contribution in [-0.4, -0.2) is 10.1 Å². The Hall–Kier alpha value is -1.81. The van der Waals surface area contributed by atoms with Gasteiger partial charge in [0.05, 0.1) is 6.04 Å². The number of aromatic nitrogens is 1. The Labute approximate surface area is 109 Å². The van der Waals surface area contributed by atoms with Crippen LogP contribution in [0.1, 0.15) is 18.5 Å². The molecule has 1 heterocycles. The third-order valence-corrected chi connectivity index (χ3v) is 2.74. The fourth-order valence-electron chi connectivity index (χ4n) is 1.66. The molecule has 1 aromatic carbocycles. The monoisotopic (exact) mass is 266 g/mol. The van der Waals surface area contributed by atoms with Crippen molar-refractivity contribution in [3.8, 4) is 5.75 Å². The van der Waals surface area contributed by atoms with Crippen molar-refractivity contribution in [1.82, 2.24) is 4.98 Å². The normalized spacial score (nSPS) is 12.2. The van der Waals surface area contributed by atoms with E-state index in [9.17, 15) is 4.39 Å². The van der Waals surface area contributed by atoms with Gasteiger partial charge < -0.3 is 10.4 Å². The topological polar surface area (TPSA) is 45.2 Å². The molecule has 94 valence electrons. The maximum Gasteiger partial charge on any atom is 0.132 e. The van der Waals surface area contributed by atoms with Crippen LogP contribution in [0.5, 0.6) is 5.75 Å². The highest BCUT2D eigenvalue weighted by atomic mass is 35.5. The Balaban J connectivity index is 2.19. The van der Waals surface area contributed by atoms with Crippen LogP contribution >= 0.6 is 11.6 Å². The van der Waals surface area contributed by atoms with Crippen molar-refractivity contribution in [1.29, 1.82) is 0 Å². The molecule has 1 unspecified atom stereocenters. The summed E-state index contributed by atoms with van der Waals surface area (Å²) in [7, 11) is 0. The second-order valence-corrected chi connectivity index (χ2v) is 4.30. The molecule has 1 aromatic heterocycles. The standard InChI is InChI=1S/C13H12ClFN2O/c1-8(10-6-5-9(18)7-11(10)15)16-13-4-2-3-12(14)17-13/h2-8,18H,1H3,(H,16,17). The van der Waals surface area contributed by atoms with Gasteiger partial charge in [-0.05, 0) is 25.1 Å². The molecule has 18 heavy (non-hydrogen) atoms. The first-order valence-corrected chi connectivity index (χ1v) is 5.81. The maximum atomic E-state index is 13.6. The third-order valence-electron chi connectivity index (χ3n) is 2.53. The fourth-order valence-corrected chi connectivity index (χ4v) is 1.82. The van der Waals surface area contributed by atoms with E-state index in [1.165, 1.54) is 12.1 Å². The second kappa shape index (κ2) is 5.23. The van der Waals surface area contributed by atoms with Crippen molar-refractivity contribution in [2.45, 2.75) is 13.0 Å². The van der Waals surface area contributed by atoms with E-state index in [-0.39, 0.29) is 11.8 Å². The summed E-state index contributed by atoms with van der Waals surface area (Å²) in [5, 5.41) is 12.6. The second-order valence-electron chi connectivity index (χ2n) is 3.92. The van der Waals surface area contributed by atoms with Crippen molar-refractivity contribution < 1.29 is 9.50 Å². The molecule has 0 aliphatic rings. The van der Waals surface area contributed by atoms with Crippen LogP contribution in [-0.2, 0) is 0 Å².